The fourth-order valence-corrected chi connectivity index (χ4v) is 5.12. The smallest absolute Gasteiger partial charge is 0.339 e. The third-order valence-electron chi connectivity index (χ3n) is 5.22. The molecule has 6 heteroatoms. The average Bonchev–Trinajstić information content (AvgIpc) is 3.35. The van der Waals surface area contributed by atoms with Crippen LogP contribution in [0, 0.1) is 0 Å². The molecule has 0 bridgehead atoms. The van der Waals surface area contributed by atoms with Crippen LogP contribution in [0.3, 0.4) is 0 Å². The van der Waals surface area contributed by atoms with E-state index in [2.05, 4.69) is 0 Å². The molecule has 0 amide bonds. The molecule has 3 aromatic rings. The van der Waals surface area contributed by atoms with E-state index in [0.717, 1.165) is 24.0 Å². The quantitative estimate of drug-likeness (QED) is 0.553. The van der Waals surface area contributed by atoms with Crippen LogP contribution in [0.15, 0.2) is 89.8 Å². The molecule has 0 N–H and O–H groups in total. The van der Waals surface area contributed by atoms with Gasteiger partial charge in [-0.1, -0.05) is 60.7 Å². The first-order chi connectivity index (χ1) is 14.6. The molecular formula is C24H23NO4S. The van der Waals surface area contributed by atoms with E-state index < -0.39 is 22.1 Å². The number of rotatable bonds is 6. The highest BCUT2D eigenvalue weighted by molar-refractivity contribution is 7.89. The molecule has 154 valence electrons. The van der Waals surface area contributed by atoms with Crippen LogP contribution < -0.4 is 0 Å². The molecule has 0 aliphatic carbocycles. The van der Waals surface area contributed by atoms with Crippen molar-refractivity contribution in [2.75, 3.05) is 13.1 Å². The lowest BCUT2D eigenvalue weighted by atomic mass is 10.0. The van der Waals surface area contributed by atoms with Gasteiger partial charge in [-0.05, 0) is 48.2 Å². The highest BCUT2D eigenvalue weighted by Crippen LogP contribution is 2.27. The maximum Gasteiger partial charge on any atom is 0.339 e. The summed E-state index contributed by atoms with van der Waals surface area (Å²) in [6, 6.07) is 25.0. The van der Waals surface area contributed by atoms with Crippen LogP contribution in [-0.2, 0) is 14.8 Å². The second-order valence-electron chi connectivity index (χ2n) is 7.24. The van der Waals surface area contributed by atoms with Gasteiger partial charge >= 0.3 is 5.97 Å². The van der Waals surface area contributed by atoms with E-state index in [9.17, 15) is 13.2 Å². The molecule has 1 fully saturated rings. The Morgan fingerprint density at radius 3 is 1.77 bits per heavy atom. The Labute approximate surface area is 177 Å². The molecule has 1 aliphatic rings. The van der Waals surface area contributed by atoms with Crippen molar-refractivity contribution in [2.45, 2.75) is 23.8 Å². The largest absolute Gasteiger partial charge is 0.449 e. The number of sulfonamides is 1. The molecule has 0 aromatic heterocycles. The maximum absolute atomic E-state index is 12.8. The fourth-order valence-electron chi connectivity index (χ4n) is 3.60. The van der Waals surface area contributed by atoms with Crippen molar-refractivity contribution in [1.29, 1.82) is 0 Å². The lowest BCUT2D eigenvalue weighted by Crippen LogP contribution is -2.27. The Kier molecular flexibility index (Phi) is 5.97. The van der Waals surface area contributed by atoms with E-state index in [1.54, 1.807) is 0 Å². The number of ether oxygens (including phenoxy) is 1. The predicted octanol–water partition coefficient (Wildman–Crippen LogP) is 4.42. The number of hydrogen-bond donors (Lipinski definition) is 0. The summed E-state index contributed by atoms with van der Waals surface area (Å²) in [5, 5.41) is 0. The normalized spacial score (nSPS) is 14.7. The first kappa shape index (κ1) is 20.3. The molecule has 0 atom stereocenters. The van der Waals surface area contributed by atoms with Crippen molar-refractivity contribution in [3.63, 3.8) is 0 Å². The minimum Gasteiger partial charge on any atom is -0.449 e. The molecule has 5 nitrogen and oxygen atoms in total. The SMILES string of the molecule is O=C(OC(c1ccccc1)c1ccccc1)c1ccc(S(=O)(=O)N2CCCC2)cc1. The Bertz CT molecular complexity index is 1050. The Hall–Kier alpha value is -2.96. The van der Waals surface area contributed by atoms with E-state index in [1.807, 2.05) is 60.7 Å². The van der Waals surface area contributed by atoms with E-state index in [-0.39, 0.29) is 4.90 Å². The number of esters is 1. The van der Waals surface area contributed by atoms with Crippen LogP contribution in [0.5, 0.6) is 0 Å². The first-order valence-corrected chi connectivity index (χ1v) is 11.4. The van der Waals surface area contributed by atoms with E-state index >= 15 is 0 Å². The van der Waals surface area contributed by atoms with Crippen molar-refractivity contribution in [3.8, 4) is 0 Å². The summed E-state index contributed by atoms with van der Waals surface area (Å²) in [5.41, 5.74) is 2.04. The number of carbonyl (C=O) groups is 1. The van der Waals surface area contributed by atoms with Gasteiger partial charge in [-0.25, -0.2) is 13.2 Å². The monoisotopic (exact) mass is 421 g/mol. The molecule has 4 rings (SSSR count). The van der Waals surface area contributed by atoms with Crippen molar-refractivity contribution in [3.05, 3.63) is 102 Å². The summed E-state index contributed by atoms with van der Waals surface area (Å²) in [7, 11) is -3.51. The van der Waals surface area contributed by atoms with Gasteiger partial charge in [0.15, 0.2) is 6.10 Å². The Morgan fingerprint density at radius 2 is 1.27 bits per heavy atom. The highest BCUT2D eigenvalue weighted by atomic mass is 32.2. The van der Waals surface area contributed by atoms with Gasteiger partial charge in [0.25, 0.3) is 0 Å². The molecule has 1 aliphatic heterocycles. The summed E-state index contributed by atoms with van der Waals surface area (Å²) in [6.07, 6.45) is 1.21. The molecule has 0 radical (unpaired) electrons. The number of benzene rings is 3. The molecule has 3 aromatic carbocycles. The van der Waals surface area contributed by atoms with Crippen molar-refractivity contribution in [1.82, 2.24) is 4.31 Å². The summed E-state index contributed by atoms with van der Waals surface area (Å²) in [5.74, 6) is -0.502. The third kappa shape index (κ3) is 4.30. The molecule has 0 saturated carbocycles. The second-order valence-corrected chi connectivity index (χ2v) is 9.18. The highest BCUT2D eigenvalue weighted by Gasteiger charge is 2.27. The van der Waals surface area contributed by atoms with Crippen molar-refractivity contribution >= 4 is 16.0 Å². The van der Waals surface area contributed by atoms with Crippen LogP contribution in [0.2, 0.25) is 0 Å². The summed E-state index contributed by atoms with van der Waals surface area (Å²) >= 11 is 0. The van der Waals surface area contributed by atoms with Gasteiger partial charge in [-0.2, -0.15) is 4.31 Å². The van der Waals surface area contributed by atoms with Crippen molar-refractivity contribution in [2.24, 2.45) is 0 Å². The third-order valence-corrected chi connectivity index (χ3v) is 7.14. The molecule has 1 saturated heterocycles. The van der Waals surface area contributed by atoms with Crippen LogP contribution >= 0.6 is 0 Å². The maximum atomic E-state index is 12.8. The van der Waals surface area contributed by atoms with Gasteiger partial charge < -0.3 is 4.74 Å². The Morgan fingerprint density at radius 1 is 0.767 bits per heavy atom. The van der Waals surface area contributed by atoms with Crippen LogP contribution in [0.1, 0.15) is 40.4 Å². The van der Waals surface area contributed by atoms with Crippen LogP contribution in [-0.4, -0.2) is 31.8 Å². The topological polar surface area (TPSA) is 63.7 Å². The molecule has 0 spiro atoms. The molecule has 30 heavy (non-hydrogen) atoms. The Balaban J connectivity index is 1.56. The van der Waals surface area contributed by atoms with Gasteiger partial charge in [-0.15, -0.1) is 0 Å². The summed E-state index contributed by atoms with van der Waals surface area (Å²) in [6.45, 7) is 1.09. The number of nitrogens with zero attached hydrogens (tertiary/aromatic N) is 1. The van der Waals surface area contributed by atoms with Gasteiger partial charge in [0.05, 0.1) is 10.5 Å². The number of carbonyl (C=O) groups excluding carboxylic acids is 1. The van der Waals surface area contributed by atoms with Gasteiger partial charge in [0.2, 0.25) is 10.0 Å². The first-order valence-electron chi connectivity index (χ1n) is 9.97. The van der Waals surface area contributed by atoms with Crippen LogP contribution in [0.25, 0.3) is 0 Å². The van der Waals surface area contributed by atoms with E-state index in [4.69, 9.17) is 4.74 Å². The molecular weight excluding hydrogens is 398 g/mol. The zero-order chi connectivity index (χ0) is 21.0. The lowest BCUT2D eigenvalue weighted by molar-refractivity contribution is 0.0378. The summed E-state index contributed by atoms with van der Waals surface area (Å²) < 4.78 is 32.7. The zero-order valence-electron chi connectivity index (χ0n) is 16.5. The van der Waals surface area contributed by atoms with E-state index in [1.165, 1.54) is 28.6 Å². The lowest BCUT2D eigenvalue weighted by Gasteiger charge is -2.19. The molecule has 1 heterocycles. The fraction of sp³-hybridized carbons (Fsp3) is 0.208. The second kappa shape index (κ2) is 8.81. The zero-order valence-corrected chi connectivity index (χ0v) is 17.3. The summed E-state index contributed by atoms with van der Waals surface area (Å²) in [4.78, 5) is 13.0. The van der Waals surface area contributed by atoms with Crippen molar-refractivity contribution < 1.29 is 17.9 Å². The minimum atomic E-state index is -3.51. The van der Waals surface area contributed by atoms with Crippen LogP contribution in [0.4, 0.5) is 0 Å². The van der Waals surface area contributed by atoms with Gasteiger partial charge in [-0.3, -0.25) is 0 Å². The molecule has 0 unspecified atom stereocenters. The standard InChI is InChI=1S/C24H23NO4S/c26-24(21-13-15-22(16-14-21)30(27,28)25-17-7-8-18-25)29-23(19-9-3-1-4-10-19)20-11-5-2-6-12-20/h1-6,9-16,23H,7-8,17-18H2. The van der Waals surface area contributed by atoms with Gasteiger partial charge in [0.1, 0.15) is 0 Å². The number of hydrogen-bond acceptors (Lipinski definition) is 4. The van der Waals surface area contributed by atoms with Gasteiger partial charge in [0, 0.05) is 13.1 Å². The average molecular weight is 422 g/mol. The predicted molar refractivity (Wildman–Crippen MR) is 115 cm³/mol. The minimum absolute atomic E-state index is 0.198. The van der Waals surface area contributed by atoms with E-state index in [0.29, 0.717) is 18.7 Å².